The lowest BCUT2D eigenvalue weighted by Crippen LogP contribution is -2.32. The van der Waals surface area contributed by atoms with Gasteiger partial charge in [0.25, 0.3) is 0 Å². The third-order valence-corrected chi connectivity index (χ3v) is 3.41. The van der Waals surface area contributed by atoms with E-state index in [0.717, 1.165) is 17.1 Å². The molecule has 0 saturated heterocycles. The summed E-state index contributed by atoms with van der Waals surface area (Å²) in [6, 6.07) is 0.425. The summed E-state index contributed by atoms with van der Waals surface area (Å²) in [5.74, 6) is 8.05. The molecule has 0 aromatic carbocycles. The zero-order chi connectivity index (χ0) is 12.1. The SMILES string of the molecule is CSCC(C)N(C)c1ncnc(NN)c1C. The van der Waals surface area contributed by atoms with Gasteiger partial charge in [-0.3, -0.25) is 0 Å². The first-order valence-corrected chi connectivity index (χ1v) is 6.51. The monoisotopic (exact) mass is 241 g/mol. The number of anilines is 2. The van der Waals surface area contributed by atoms with Gasteiger partial charge in [-0.05, 0) is 20.1 Å². The molecule has 0 bridgehead atoms. The standard InChI is InChI=1S/C10H19N5S/c1-7(5-16-4)15(3)10-8(2)9(14-11)12-6-13-10/h6-7H,5,11H2,1-4H3,(H,12,13,14). The first-order chi connectivity index (χ1) is 7.61. The molecule has 0 aliphatic rings. The highest BCUT2D eigenvalue weighted by Crippen LogP contribution is 2.22. The molecule has 1 unspecified atom stereocenters. The number of aromatic nitrogens is 2. The minimum absolute atomic E-state index is 0.425. The van der Waals surface area contributed by atoms with E-state index in [2.05, 4.69) is 33.5 Å². The Morgan fingerprint density at radius 1 is 1.56 bits per heavy atom. The molecule has 0 aliphatic carbocycles. The number of nitrogen functional groups attached to an aromatic ring is 1. The van der Waals surface area contributed by atoms with E-state index in [0.29, 0.717) is 11.9 Å². The first kappa shape index (κ1) is 13.1. The number of hydrogen-bond acceptors (Lipinski definition) is 6. The molecule has 0 radical (unpaired) electrons. The molecular weight excluding hydrogens is 222 g/mol. The average molecular weight is 241 g/mol. The Morgan fingerprint density at radius 3 is 2.81 bits per heavy atom. The van der Waals surface area contributed by atoms with Crippen molar-refractivity contribution < 1.29 is 0 Å². The number of rotatable bonds is 5. The molecule has 16 heavy (non-hydrogen) atoms. The normalized spacial score (nSPS) is 12.3. The molecule has 1 aromatic rings. The number of nitrogens with two attached hydrogens (primary N) is 1. The average Bonchev–Trinajstić information content (AvgIpc) is 2.29. The van der Waals surface area contributed by atoms with E-state index in [4.69, 9.17) is 5.84 Å². The summed E-state index contributed by atoms with van der Waals surface area (Å²) < 4.78 is 0. The van der Waals surface area contributed by atoms with Crippen molar-refractivity contribution in [1.82, 2.24) is 9.97 Å². The van der Waals surface area contributed by atoms with Crippen LogP contribution in [-0.4, -0.2) is 35.1 Å². The molecule has 0 amide bonds. The molecule has 3 N–H and O–H groups in total. The second-order valence-corrected chi connectivity index (χ2v) is 4.64. The van der Waals surface area contributed by atoms with Crippen LogP contribution in [0.3, 0.4) is 0 Å². The fraction of sp³-hybridized carbons (Fsp3) is 0.600. The molecule has 0 aliphatic heterocycles. The zero-order valence-electron chi connectivity index (χ0n) is 10.2. The molecule has 0 spiro atoms. The van der Waals surface area contributed by atoms with Crippen LogP contribution >= 0.6 is 11.8 Å². The summed E-state index contributed by atoms with van der Waals surface area (Å²) in [7, 11) is 2.04. The van der Waals surface area contributed by atoms with Gasteiger partial charge >= 0.3 is 0 Å². The van der Waals surface area contributed by atoms with Crippen molar-refractivity contribution in [2.24, 2.45) is 5.84 Å². The van der Waals surface area contributed by atoms with Crippen molar-refractivity contribution in [1.29, 1.82) is 0 Å². The van der Waals surface area contributed by atoms with Crippen LogP contribution < -0.4 is 16.2 Å². The van der Waals surface area contributed by atoms with Gasteiger partial charge in [0.1, 0.15) is 18.0 Å². The van der Waals surface area contributed by atoms with Crippen molar-refractivity contribution in [3.8, 4) is 0 Å². The van der Waals surface area contributed by atoms with Gasteiger partial charge in [0.2, 0.25) is 0 Å². The highest BCUT2D eigenvalue weighted by molar-refractivity contribution is 7.98. The molecule has 0 saturated carbocycles. The first-order valence-electron chi connectivity index (χ1n) is 5.11. The van der Waals surface area contributed by atoms with Crippen molar-refractivity contribution in [2.75, 3.05) is 29.4 Å². The fourth-order valence-electron chi connectivity index (χ4n) is 1.50. The second-order valence-electron chi connectivity index (χ2n) is 3.73. The Bertz CT molecular complexity index is 344. The van der Waals surface area contributed by atoms with E-state index in [-0.39, 0.29) is 0 Å². The van der Waals surface area contributed by atoms with E-state index in [1.165, 1.54) is 6.33 Å². The molecule has 6 heteroatoms. The predicted molar refractivity (Wildman–Crippen MR) is 70.8 cm³/mol. The summed E-state index contributed by atoms with van der Waals surface area (Å²) >= 11 is 1.82. The van der Waals surface area contributed by atoms with Crippen molar-refractivity contribution in [3.05, 3.63) is 11.9 Å². The Labute approximate surface area is 101 Å². The Kier molecular flexibility index (Phi) is 4.82. The lowest BCUT2D eigenvalue weighted by molar-refractivity contribution is 0.748. The summed E-state index contributed by atoms with van der Waals surface area (Å²) in [6.45, 7) is 4.14. The summed E-state index contributed by atoms with van der Waals surface area (Å²) in [5.41, 5.74) is 3.55. The van der Waals surface area contributed by atoms with E-state index in [1.54, 1.807) is 0 Å². The van der Waals surface area contributed by atoms with Gasteiger partial charge in [-0.15, -0.1) is 0 Å². The maximum atomic E-state index is 5.39. The topological polar surface area (TPSA) is 67.1 Å². The van der Waals surface area contributed by atoms with Crippen LogP contribution in [0, 0.1) is 6.92 Å². The molecule has 5 nitrogen and oxygen atoms in total. The second kappa shape index (κ2) is 5.91. The van der Waals surface area contributed by atoms with E-state index in [9.17, 15) is 0 Å². The maximum Gasteiger partial charge on any atom is 0.148 e. The lowest BCUT2D eigenvalue weighted by Gasteiger charge is -2.27. The van der Waals surface area contributed by atoms with Crippen molar-refractivity contribution in [2.45, 2.75) is 19.9 Å². The smallest absolute Gasteiger partial charge is 0.148 e. The predicted octanol–water partition coefficient (Wildman–Crippen LogP) is 1.26. The van der Waals surface area contributed by atoms with Crippen LogP contribution in [0.25, 0.3) is 0 Å². The van der Waals surface area contributed by atoms with Crippen LogP contribution in [0.1, 0.15) is 12.5 Å². The molecule has 1 atom stereocenters. The van der Waals surface area contributed by atoms with Gasteiger partial charge in [-0.2, -0.15) is 11.8 Å². The van der Waals surface area contributed by atoms with Gasteiger partial charge in [0, 0.05) is 24.4 Å². The Balaban J connectivity index is 2.94. The van der Waals surface area contributed by atoms with Gasteiger partial charge in [0.15, 0.2) is 0 Å². The van der Waals surface area contributed by atoms with Gasteiger partial charge in [0.05, 0.1) is 0 Å². The molecule has 0 fully saturated rings. The van der Waals surface area contributed by atoms with Crippen molar-refractivity contribution >= 4 is 23.4 Å². The third kappa shape index (κ3) is 2.76. The van der Waals surface area contributed by atoms with Gasteiger partial charge < -0.3 is 10.3 Å². The largest absolute Gasteiger partial charge is 0.356 e. The molecular formula is C10H19N5S. The van der Waals surface area contributed by atoms with Crippen molar-refractivity contribution in [3.63, 3.8) is 0 Å². The molecule has 1 heterocycles. The van der Waals surface area contributed by atoms with E-state index in [1.807, 2.05) is 25.7 Å². The zero-order valence-corrected chi connectivity index (χ0v) is 11.0. The lowest BCUT2D eigenvalue weighted by atomic mass is 10.2. The molecule has 90 valence electrons. The number of nitrogens with one attached hydrogen (secondary N) is 1. The minimum Gasteiger partial charge on any atom is -0.356 e. The Morgan fingerprint density at radius 2 is 2.25 bits per heavy atom. The van der Waals surface area contributed by atoms with Crippen LogP contribution in [0.2, 0.25) is 0 Å². The van der Waals surface area contributed by atoms with Crippen LogP contribution in [0.15, 0.2) is 6.33 Å². The van der Waals surface area contributed by atoms with E-state index < -0.39 is 0 Å². The summed E-state index contributed by atoms with van der Waals surface area (Å²) in [6.07, 6.45) is 3.63. The molecule has 1 aromatic heterocycles. The van der Waals surface area contributed by atoms with Crippen LogP contribution in [0.4, 0.5) is 11.6 Å². The third-order valence-electron chi connectivity index (χ3n) is 2.60. The quantitative estimate of drug-likeness (QED) is 0.597. The van der Waals surface area contributed by atoms with Gasteiger partial charge in [-0.25, -0.2) is 15.8 Å². The van der Waals surface area contributed by atoms with Crippen LogP contribution in [0.5, 0.6) is 0 Å². The fourth-order valence-corrected chi connectivity index (χ4v) is 2.21. The number of thioether (sulfide) groups is 1. The number of nitrogens with zero attached hydrogens (tertiary/aromatic N) is 3. The highest BCUT2D eigenvalue weighted by atomic mass is 32.2. The number of hydrazine groups is 1. The summed E-state index contributed by atoms with van der Waals surface area (Å²) in [5, 5.41) is 0. The van der Waals surface area contributed by atoms with E-state index >= 15 is 0 Å². The minimum atomic E-state index is 0.425. The Hall–Kier alpha value is -1.01. The number of hydrogen-bond donors (Lipinski definition) is 2. The van der Waals surface area contributed by atoms with Gasteiger partial charge in [-0.1, -0.05) is 0 Å². The molecule has 1 rings (SSSR count). The summed E-state index contributed by atoms with van der Waals surface area (Å²) in [4.78, 5) is 10.5. The maximum absolute atomic E-state index is 5.39. The highest BCUT2D eigenvalue weighted by Gasteiger charge is 2.15. The van der Waals surface area contributed by atoms with Crippen LogP contribution in [-0.2, 0) is 0 Å².